The van der Waals surface area contributed by atoms with Crippen molar-refractivity contribution >= 4 is 0 Å². The predicted octanol–water partition coefficient (Wildman–Crippen LogP) is 2.87. The van der Waals surface area contributed by atoms with Gasteiger partial charge in [0.1, 0.15) is 5.75 Å². The lowest BCUT2D eigenvalue weighted by molar-refractivity contribution is 0.240. The lowest BCUT2D eigenvalue weighted by Gasteiger charge is -2.31. The van der Waals surface area contributed by atoms with Crippen LogP contribution in [0.4, 0.5) is 0 Å². The van der Waals surface area contributed by atoms with Gasteiger partial charge < -0.3 is 10.1 Å². The van der Waals surface area contributed by atoms with E-state index in [1.54, 1.807) is 0 Å². The van der Waals surface area contributed by atoms with Gasteiger partial charge in [0.25, 0.3) is 0 Å². The number of pyridine rings is 1. The molecule has 3 rings (SSSR count). The van der Waals surface area contributed by atoms with Crippen LogP contribution in [0.1, 0.15) is 30.5 Å². The minimum Gasteiger partial charge on any atom is -0.494 e. The molecule has 2 heterocycles. The van der Waals surface area contributed by atoms with Crippen LogP contribution in [0, 0.1) is 0 Å². The summed E-state index contributed by atoms with van der Waals surface area (Å²) in [6, 6.07) is 12.9. The van der Waals surface area contributed by atoms with Gasteiger partial charge in [-0.1, -0.05) is 18.2 Å². The highest BCUT2D eigenvalue weighted by Gasteiger charge is 2.23. The van der Waals surface area contributed by atoms with Crippen LogP contribution in [0.15, 0.2) is 48.8 Å². The number of ether oxygens (including phenoxy) is 1. The van der Waals surface area contributed by atoms with Crippen molar-refractivity contribution in [2.24, 2.45) is 0 Å². The zero-order chi connectivity index (χ0) is 15.9. The van der Waals surface area contributed by atoms with Gasteiger partial charge in [0.2, 0.25) is 0 Å². The number of nitrogens with zero attached hydrogens (tertiary/aromatic N) is 2. The summed E-state index contributed by atoms with van der Waals surface area (Å²) in [5.74, 6) is 0.929. The van der Waals surface area contributed by atoms with Crippen molar-refractivity contribution in [2.45, 2.75) is 19.4 Å². The van der Waals surface area contributed by atoms with Crippen molar-refractivity contribution in [1.82, 2.24) is 15.2 Å². The lowest BCUT2D eigenvalue weighted by atomic mass is 9.98. The Bertz CT molecular complexity index is 577. The van der Waals surface area contributed by atoms with Gasteiger partial charge in [0.05, 0.1) is 12.6 Å². The molecule has 0 aliphatic carbocycles. The number of hydrogen-bond acceptors (Lipinski definition) is 4. The molecule has 1 aliphatic heterocycles. The molecule has 0 amide bonds. The van der Waals surface area contributed by atoms with E-state index >= 15 is 0 Å². The molecule has 1 unspecified atom stereocenters. The summed E-state index contributed by atoms with van der Waals surface area (Å²) in [6.45, 7) is 6.99. The van der Waals surface area contributed by atoms with E-state index < -0.39 is 0 Å². The molecule has 0 spiro atoms. The van der Waals surface area contributed by atoms with Crippen LogP contribution in [-0.4, -0.2) is 42.7 Å². The van der Waals surface area contributed by atoms with E-state index in [9.17, 15) is 0 Å². The molecular weight excluding hydrogens is 286 g/mol. The summed E-state index contributed by atoms with van der Waals surface area (Å²) in [5.41, 5.74) is 2.54. The first kappa shape index (κ1) is 16.0. The largest absolute Gasteiger partial charge is 0.494 e. The maximum absolute atomic E-state index is 5.58. The maximum Gasteiger partial charge on any atom is 0.119 e. The normalized spacial score (nSPS) is 17.4. The van der Waals surface area contributed by atoms with Crippen molar-refractivity contribution < 1.29 is 4.74 Å². The molecule has 0 bridgehead atoms. The Morgan fingerprint density at radius 1 is 1.13 bits per heavy atom. The second-order valence-corrected chi connectivity index (χ2v) is 5.83. The van der Waals surface area contributed by atoms with Gasteiger partial charge in [-0.25, -0.2) is 0 Å². The molecule has 1 atom stereocenters. The Kier molecular flexibility index (Phi) is 5.61. The van der Waals surface area contributed by atoms with Crippen LogP contribution in [0.25, 0.3) is 0 Å². The Morgan fingerprint density at radius 2 is 2.00 bits per heavy atom. The van der Waals surface area contributed by atoms with Gasteiger partial charge in [0, 0.05) is 32.0 Å². The van der Waals surface area contributed by atoms with Crippen LogP contribution in [-0.2, 0) is 0 Å². The first-order valence-corrected chi connectivity index (χ1v) is 8.46. The zero-order valence-electron chi connectivity index (χ0n) is 13.7. The van der Waals surface area contributed by atoms with E-state index in [-0.39, 0.29) is 6.04 Å². The number of benzene rings is 1. The SMILES string of the molecule is CCOc1ccc(C(c2cccnc2)N2CCCNCC2)cc1. The topological polar surface area (TPSA) is 37.4 Å². The Labute approximate surface area is 138 Å². The average Bonchev–Trinajstić information content (AvgIpc) is 2.87. The van der Waals surface area contributed by atoms with Gasteiger partial charge >= 0.3 is 0 Å². The monoisotopic (exact) mass is 311 g/mol. The minimum absolute atomic E-state index is 0.249. The molecule has 0 radical (unpaired) electrons. The number of nitrogens with one attached hydrogen (secondary N) is 1. The molecule has 1 fully saturated rings. The third-order valence-corrected chi connectivity index (χ3v) is 4.25. The molecule has 1 aromatic heterocycles. The van der Waals surface area contributed by atoms with E-state index in [1.807, 2.05) is 25.4 Å². The first-order valence-electron chi connectivity index (χ1n) is 8.46. The standard InChI is InChI=1S/C19H25N3O/c1-2-23-18-8-6-16(7-9-18)19(17-5-3-10-21-15-17)22-13-4-11-20-12-14-22/h3,5-10,15,19-20H,2,4,11-14H2,1H3. The van der Waals surface area contributed by atoms with Crippen LogP contribution in [0.5, 0.6) is 5.75 Å². The molecule has 1 saturated heterocycles. The summed E-state index contributed by atoms with van der Waals surface area (Å²) >= 11 is 0. The van der Waals surface area contributed by atoms with E-state index in [1.165, 1.54) is 17.5 Å². The molecule has 23 heavy (non-hydrogen) atoms. The summed E-state index contributed by atoms with van der Waals surface area (Å²) in [7, 11) is 0. The predicted molar refractivity (Wildman–Crippen MR) is 92.8 cm³/mol. The second kappa shape index (κ2) is 8.09. The van der Waals surface area contributed by atoms with Crippen molar-refractivity contribution in [3.05, 3.63) is 59.9 Å². The Hall–Kier alpha value is -1.91. The highest BCUT2D eigenvalue weighted by atomic mass is 16.5. The van der Waals surface area contributed by atoms with Gasteiger partial charge in [-0.3, -0.25) is 9.88 Å². The van der Waals surface area contributed by atoms with Crippen molar-refractivity contribution in [3.63, 3.8) is 0 Å². The zero-order valence-corrected chi connectivity index (χ0v) is 13.7. The first-order chi connectivity index (χ1) is 11.4. The molecule has 1 aliphatic rings. The second-order valence-electron chi connectivity index (χ2n) is 5.83. The lowest BCUT2D eigenvalue weighted by Crippen LogP contribution is -2.33. The quantitative estimate of drug-likeness (QED) is 0.921. The van der Waals surface area contributed by atoms with Crippen molar-refractivity contribution in [1.29, 1.82) is 0 Å². The number of aromatic nitrogens is 1. The highest BCUT2D eigenvalue weighted by Crippen LogP contribution is 2.29. The van der Waals surface area contributed by atoms with E-state index in [2.05, 4.69) is 45.5 Å². The molecule has 4 nitrogen and oxygen atoms in total. The van der Waals surface area contributed by atoms with Crippen LogP contribution < -0.4 is 10.1 Å². The van der Waals surface area contributed by atoms with E-state index in [0.29, 0.717) is 6.61 Å². The number of hydrogen-bond donors (Lipinski definition) is 1. The molecule has 0 saturated carbocycles. The van der Waals surface area contributed by atoms with Gasteiger partial charge in [-0.15, -0.1) is 0 Å². The molecule has 1 aromatic carbocycles. The molecule has 122 valence electrons. The molecule has 1 N–H and O–H groups in total. The summed E-state index contributed by atoms with van der Waals surface area (Å²) in [6.07, 6.45) is 5.00. The van der Waals surface area contributed by atoms with Crippen LogP contribution in [0.3, 0.4) is 0 Å². The minimum atomic E-state index is 0.249. The van der Waals surface area contributed by atoms with Crippen molar-refractivity contribution in [2.75, 3.05) is 32.8 Å². The molecule has 4 heteroatoms. The Morgan fingerprint density at radius 3 is 2.74 bits per heavy atom. The Balaban J connectivity index is 1.90. The van der Waals surface area contributed by atoms with E-state index in [4.69, 9.17) is 4.74 Å². The summed E-state index contributed by atoms with van der Waals surface area (Å²) in [4.78, 5) is 6.88. The fraction of sp³-hybridized carbons (Fsp3) is 0.421. The summed E-state index contributed by atoms with van der Waals surface area (Å²) < 4.78 is 5.58. The van der Waals surface area contributed by atoms with Crippen molar-refractivity contribution in [3.8, 4) is 5.75 Å². The maximum atomic E-state index is 5.58. The van der Waals surface area contributed by atoms with Gasteiger partial charge in [0.15, 0.2) is 0 Å². The average molecular weight is 311 g/mol. The van der Waals surface area contributed by atoms with E-state index in [0.717, 1.165) is 31.9 Å². The summed E-state index contributed by atoms with van der Waals surface area (Å²) in [5, 5.41) is 3.48. The fourth-order valence-corrected chi connectivity index (χ4v) is 3.19. The van der Waals surface area contributed by atoms with Gasteiger partial charge in [-0.05, 0) is 49.2 Å². The third-order valence-electron chi connectivity index (χ3n) is 4.25. The number of rotatable bonds is 5. The highest BCUT2D eigenvalue weighted by molar-refractivity contribution is 5.34. The molecule has 2 aromatic rings. The van der Waals surface area contributed by atoms with Crippen LogP contribution >= 0.6 is 0 Å². The third kappa shape index (κ3) is 4.09. The van der Waals surface area contributed by atoms with Crippen LogP contribution in [0.2, 0.25) is 0 Å². The molecular formula is C19H25N3O. The smallest absolute Gasteiger partial charge is 0.119 e. The fourth-order valence-electron chi connectivity index (χ4n) is 3.19. The van der Waals surface area contributed by atoms with Gasteiger partial charge in [-0.2, -0.15) is 0 Å².